The molecule has 0 atom stereocenters. The number of fused-ring (bicyclic) bond motifs is 1. The van der Waals surface area contributed by atoms with Crippen LogP contribution >= 0.6 is 11.8 Å². The number of carbonyl (C=O) groups excluding carboxylic acids is 1. The molecule has 2 heterocycles. The average Bonchev–Trinajstić information content (AvgIpc) is 2.60. The van der Waals surface area contributed by atoms with Gasteiger partial charge in [-0.1, -0.05) is 12.2 Å². The van der Waals surface area contributed by atoms with Crippen LogP contribution in [0.15, 0.2) is 23.4 Å². The summed E-state index contributed by atoms with van der Waals surface area (Å²) in [6.07, 6.45) is 5.50. The van der Waals surface area contributed by atoms with E-state index >= 15 is 0 Å². The molecule has 0 aromatic carbocycles. The van der Waals surface area contributed by atoms with Crippen LogP contribution in [0, 0.1) is 0 Å². The van der Waals surface area contributed by atoms with E-state index in [4.69, 9.17) is 0 Å². The van der Waals surface area contributed by atoms with Crippen molar-refractivity contribution in [3.8, 4) is 0 Å². The largest absolute Gasteiger partial charge is 0.452 e. The highest BCUT2D eigenvalue weighted by Gasteiger charge is 2.15. The number of rotatable bonds is 0. The molecular weight excluding hydrogens is 186 g/mol. The molecule has 1 aromatic rings. The van der Waals surface area contributed by atoms with Crippen LogP contribution in [0.1, 0.15) is 5.56 Å². The first kappa shape index (κ1) is 8.44. The predicted molar refractivity (Wildman–Crippen MR) is 52.0 cm³/mol. The van der Waals surface area contributed by atoms with E-state index in [0.29, 0.717) is 0 Å². The minimum atomic E-state index is -0.330. The monoisotopic (exact) mass is 195 g/mol. The maximum Gasteiger partial charge on any atom is 0.418 e. The number of thioether (sulfide) groups is 1. The summed E-state index contributed by atoms with van der Waals surface area (Å²) in [6, 6.07) is 1.91. The van der Waals surface area contributed by atoms with Crippen LogP contribution in [-0.4, -0.2) is 23.5 Å². The van der Waals surface area contributed by atoms with Gasteiger partial charge < -0.3 is 4.74 Å². The number of carbonyl (C=O) groups is 1. The molecule has 68 valence electrons. The molecule has 0 saturated heterocycles. The van der Waals surface area contributed by atoms with Crippen molar-refractivity contribution in [2.75, 3.05) is 12.9 Å². The fourth-order valence-electron chi connectivity index (χ4n) is 1.26. The standard InChI is InChI=1S/C9H9NO2S/c1-12-9(11)10-5-4-7-3-2-6-13-8(7)10/h2-5H,6H2,1H3. The van der Waals surface area contributed by atoms with Crippen LogP contribution in [0.4, 0.5) is 4.79 Å². The van der Waals surface area contributed by atoms with Gasteiger partial charge in [0.2, 0.25) is 0 Å². The lowest BCUT2D eigenvalue weighted by atomic mass is 10.3. The molecule has 1 aliphatic rings. The zero-order chi connectivity index (χ0) is 9.26. The quantitative estimate of drug-likeness (QED) is 0.636. The van der Waals surface area contributed by atoms with Crippen LogP contribution in [0.3, 0.4) is 0 Å². The zero-order valence-corrected chi connectivity index (χ0v) is 8.00. The maximum absolute atomic E-state index is 11.2. The van der Waals surface area contributed by atoms with E-state index in [2.05, 4.69) is 10.8 Å². The molecule has 1 aromatic heterocycles. The third-order valence-corrected chi connectivity index (χ3v) is 2.92. The topological polar surface area (TPSA) is 31.2 Å². The van der Waals surface area contributed by atoms with Crippen LogP contribution in [-0.2, 0) is 4.74 Å². The van der Waals surface area contributed by atoms with E-state index in [0.717, 1.165) is 16.3 Å². The molecule has 0 bridgehead atoms. The molecular formula is C9H9NO2S. The van der Waals surface area contributed by atoms with Gasteiger partial charge in [-0.05, 0) is 6.07 Å². The Bertz CT molecular complexity index is 368. The lowest BCUT2D eigenvalue weighted by Crippen LogP contribution is -2.11. The number of nitrogens with zero attached hydrogens (tertiary/aromatic N) is 1. The summed E-state index contributed by atoms with van der Waals surface area (Å²) in [5.41, 5.74) is 1.08. The van der Waals surface area contributed by atoms with Gasteiger partial charge in [0.05, 0.1) is 12.1 Å². The molecule has 0 N–H and O–H groups in total. The lowest BCUT2D eigenvalue weighted by Gasteiger charge is -2.08. The van der Waals surface area contributed by atoms with Gasteiger partial charge in [0, 0.05) is 17.5 Å². The van der Waals surface area contributed by atoms with Gasteiger partial charge in [-0.2, -0.15) is 0 Å². The molecule has 0 spiro atoms. The smallest absolute Gasteiger partial charge is 0.418 e. The molecule has 4 heteroatoms. The van der Waals surface area contributed by atoms with Crippen LogP contribution in [0.2, 0.25) is 0 Å². The Balaban J connectivity index is 2.43. The van der Waals surface area contributed by atoms with Gasteiger partial charge >= 0.3 is 6.09 Å². The van der Waals surface area contributed by atoms with Crippen molar-refractivity contribution in [3.05, 3.63) is 23.9 Å². The van der Waals surface area contributed by atoms with E-state index < -0.39 is 0 Å². The van der Waals surface area contributed by atoms with Crippen molar-refractivity contribution in [3.63, 3.8) is 0 Å². The van der Waals surface area contributed by atoms with Gasteiger partial charge in [-0.25, -0.2) is 9.36 Å². The van der Waals surface area contributed by atoms with Crippen LogP contribution in [0.5, 0.6) is 0 Å². The summed E-state index contributed by atoms with van der Waals surface area (Å²) < 4.78 is 6.18. The molecule has 0 aliphatic carbocycles. The summed E-state index contributed by atoms with van der Waals surface area (Å²) in [6.45, 7) is 0. The molecule has 0 unspecified atom stereocenters. The number of methoxy groups -OCH3 is 1. The van der Waals surface area contributed by atoms with E-state index in [-0.39, 0.29) is 6.09 Å². The number of hydrogen-bond acceptors (Lipinski definition) is 3. The first-order valence-corrected chi connectivity index (χ1v) is 4.90. The second-order valence-electron chi connectivity index (χ2n) is 2.63. The van der Waals surface area contributed by atoms with E-state index in [1.807, 2.05) is 12.1 Å². The molecule has 0 fully saturated rings. The second kappa shape index (κ2) is 3.30. The normalized spacial score (nSPS) is 13.9. The Labute approximate surface area is 80.4 Å². The van der Waals surface area contributed by atoms with Gasteiger partial charge in [-0.15, -0.1) is 11.8 Å². The first-order valence-electron chi connectivity index (χ1n) is 3.92. The third-order valence-electron chi connectivity index (χ3n) is 1.85. The van der Waals surface area contributed by atoms with Crippen molar-refractivity contribution in [1.29, 1.82) is 0 Å². The average molecular weight is 195 g/mol. The highest BCUT2D eigenvalue weighted by molar-refractivity contribution is 7.99. The lowest BCUT2D eigenvalue weighted by molar-refractivity contribution is 0.170. The Morgan fingerprint density at radius 1 is 1.69 bits per heavy atom. The molecule has 3 nitrogen and oxygen atoms in total. The molecule has 0 saturated carbocycles. The third kappa shape index (κ3) is 1.37. The summed E-state index contributed by atoms with van der Waals surface area (Å²) in [7, 11) is 1.39. The van der Waals surface area contributed by atoms with Gasteiger partial charge in [0.25, 0.3) is 0 Å². The van der Waals surface area contributed by atoms with E-state index in [1.165, 1.54) is 11.7 Å². The zero-order valence-electron chi connectivity index (χ0n) is 7.19. The molecule has 0 amide bonds. The Morgan fingerprint density at radius 2 is 2.54 bits per heavy atom. The van der Waals surface area contributed by atoms with Gasteiger partial charge in [-0.3, -0.25) is 0 Å². The number of ether oxygens (including phenoxy) is 1. The van der Waals surface area contributed by atoms with Crippen molar-refractivity contribution in [1.82, 2.24) is 4.57 Å². The molecule has 2 rings (SSSR count). The van der Waals surface area contributed by atoms with Crippen molar-refractivity contribution >= 4 is 23.9 Å². The first-order chi connectivity index (χ1) is 6.33. The molecule has 13 heavy (non-hydrogen) atoms. The Kier molecular flexibility index (Phi) is 2.14. The minimum absolute atomic E-state index is 0.330. The van der Waals surface area contributed by atoms with E-state index in [1.54, 1.807) is 18.0 Å². The van der Waals surface area contributed by atoms with Crippen LogP contribution < -0.4 is 0 Å². The summed E-state index contributed by atoms with van der Waals surface area (Å²) in [5.74, 6) is 0.911. The van der Waals surface area contributed by atoms with Gasteiger partial charge in [0.15, 0.2) is 0 Å². The highest BCUT2D eigenvalue weighted by Crippen LogP contribution is 2.29. The van der Waals surface area contributed by atoms with Crippen molar-refractivity contribution < 1.29 is 9.53 Å². The maximum atomic E-state index is 11.2. The number of hydrogen-bond donors (Lipinski definition) is 0. The number of aromatic nitrogens is 1. The van der Waals surface area contributed by atoms with Gasteiger partial charge in [0.1, 0.15) is 0 Å². The Hall–Kier alpha value is -1.16. The fraction of sp³-hybridized carbons (Fsp3) is 0.222. The van der Waals surface area contributed by atoms with Crippen molar-refractivity contribution in [2.45, 2.75) is 5.03 Å². The minimum Gasteiger partial charge on any atom is -0.452 e. The van der Waals surface area contributed by atoms with E-state index in [9.17, 15) is 4.79 Å². The van der Waals surface area contributed by atoms with Crippen LogP contribution in [0.25, 0.3) is 6.08 Å². The molecule has 0 radical (unpaired) electrons. The highest BCUT2D eigenvalue weighted by atomic mass is 32.2. The summed E-state index contributed by atoms with van der Waals surface area (Å²) in [4.78, 5) is 11.2. The Morgan fingerprint density at radius 3 is 3.31 bits per heavy atom. The second-order valence-corrected chi connectivity index (χ2v) is 3.64. The predicted octanol–water partition coefficient (Wildman–Crippen LogP) is 2.22. The fourth-order valence-corrected chi connectivity index (χ4v) is 2.18. The SMILES string of the molecule is COC(=O)n1ccc2c1SCC=C2. The molecule has 1 aliphatic heterocycles. The summed E-state index contributed by atoms with van der Waals surface area (Å²) in [5, 5.41) is 0.967. The summed E-state index contributed by atoms with van der Waals surface area (Å²) >= 11 is 1.64. The van der Waals surface area contributed by atoms with Crippen molar-refractivity contribution in [2.24, 2.45) is 0 Å².